The van der Waals surface area contributed by atoms with Gasteiger partial charge in [0.1, 0.15) is 0 Å². The van der Waals surface area contributed by atoms with Crippen LogP contribution in [-0.2, 0) is 5.88 Å². The maximum atomic E-state index is 9.54. The maximum Gasteiger partial charge on any atom is 0.169 e. The van der Waals surface area contributed by atoms with Crippen molar-refractivity contribution < 1.29 is 9.84 Å². The Labute approximate surface area is 90.7 Å². The molecule has 1 aromatic carbocycles. The van der Waals surface area contributed by atoms with E-state index >= 15 is 0 Å². The fourth-order valence-electron chi connectivity index (χ4n) is 1.41. The van der Waals surface area contributed by atoms with Gasteiger partial charge in [-0.05, 0) is 18.2 Å². The van der Waals surface area contributed by atoms with Gasteiger partial charge in [-0.3, -0.25) is 0 Å². The smallest absolute Gasteiger partial charge is 0.169 e. The van der Waals surface area contributed by atoms with Gasteiger partial charge in [0.25, 0.3) is 0 Å². The number of benzene rings is 1. The molecule has 14 heavy (non-hydrogen) atoms. The minimum atomic E-state index is 0.166. The quantitative estimate of drug-likeness (QED) is 0.799. The van der Waals surface area contributed by atoms with Crippen LogP contribution in [0.25, 0.3) is 10.1 Å². The first kappa shape index (κ1) is 9.62. The molecule has 74 valence electrons. The Bertz CT molecular complexity index is 464. The van der Waals surface area contributed by atoms with Gasteiger partial charge in [-0.15, -0.1) is 22.9 Å². The van der Waals surface area contributed by atoms with Crippen molar-refractivity contribution in [3.8, 4) is 11.5 Å². The standard InChI is InChI=1S/C10H9ClO2S/c1-13-10-7-4-6(5-11)14-9(7)3-2-8(10)12/h2-4,12H,5H2,1H3. The summed E-state index contributed by atoms with van der Waals surface area (Å²) in [7, 11) is 1.55. The van der Waals surface area contributed by atoms with E-state index in [0.29, 0.717) is 11.6 Å². The van der Waals surface area contributed by atoms with Gasteiger partial charge in [-0.25, -0.2) is 0 Å². The SMILES string of the molecule is COc1c(O)ccc2sc(CCl)cc12. The maximum absolute atomic E-state index is 9.54. The molecule has 1 aromatic heterocycles. The molecule has 0 unspecified atom stereocenters. The van der Waals surface area contributed by atoms with Crippen LogP contribution in [0.15, 0.2) is 18.2 Å². The highest BCUT2D eigenvalue weighted by atomic mass is 35.5. The molecule has 1 N–H and O–H groups in total. The van der Waals surface area contributed by atoms with Crippen LogP contribution >= 0.6 is 22.9 Å². The summed E-state index contributed by atoms with van der Waals surface area (Å²) in [4.78, 5) is 1.07. The zero-order valence-electron chi connectivity index (χ0n) is 7.58. The molecule has 2 rings (SSSR count). The van der Waals surface area contributed by atoms with Crippen molar-refractivity contribution in [1.29, 1.82) is 0 Å². The highest BCUT2D eigenvalue weighted by Gasteiger charge is 2.10. The van der Waals surface area contributed by atoms with E-state index in [1.165, 1.54) is 0 Å². The lowest BCUT2D eigenvalue weighted by Crippen LogP contribution is -1.83. The zero-order chi connectivity index (χ0) is 10.1. The molecule has 4 heteroatoms. The monoisotopic (exact) mass is 228 g/mol. The lowest BCUT2D eigenvalue weighted by molar-refractivity contribution is 0.378. The van der Waals surface area contributed by atoms with Crippen LogP contribution in [0.5, 0.6) is 11.5 Å². The number of thiophene rings is 1. The fourth-order valence-corrected chi connectivity index (χ4v) is 2.56. The van der Waals surface area contributed by atoms with Crippen LogP contribution in [-0.4, -0.2) is 12.2 Å². The molecular formula is C10H9ClO2S. The topological polar surface area (TPSA) is 29.5 Å². The van der Waals surface area contributed by atoms with Gasteiger partial charge in [0.15, 0.2) is 11.5 Å². The second kappa shape index (κ2) is 3.67. The predicted molar refractivity (Wildman–Crippen MR) is 59.6 cm³/mol. The van der Waals surface area contributed by atoms with E-state index < -0.39 is 0 Å². The summed E-state index contributed by atoms with van der Waals surface area (Å²) >= 11 is 7.35. The molecule has 0 saturated heterocycles. The van der Waals surface area contributed by atoms with E-state index in [9.17, 15) is 5.11 Å². The van der Waals surface area contributed by atoms with Crippen LogP contribution in [0.4, 0.5) is 0 Å². The average Bonchev–Trinajstić information content (AvgIpc) is 2.60. The number of phenolic OH excluding ortho intramolecular Hbond substituents is 1. The van der Waals surface area contributed by atoms with E-state index in [0.717, 1.165) is 15.0 Å². The van der Waals surface area contributed by atoms with E-state index in [4.69, 9.17) is 16.3 Å². The molecule has 0 bridgehead atoms. The molecule has 0 fully saturated rings. The highest BCUT2D eigenvalue weighted by molar-refractivity contribution is 7.19. The summed E-state index contributed by atoms with van der Waals surface area (Å²) in [5.74, 6) is 1.18. The van der Waals surface area contributed by atoms with Gasteiger partial charge in [0.2, 0.25) is 0 Å². The molecule has 2 aromatic rings. The molecule has 2 nitrogen and oxygen atoms in total. The first-order valence-corrected chi connectivity index (χ1v) is 5.45. The van der Waals surface area contributed by atoms with Gasteiger partial charge in [-0.2, -0.15) is 0 Å². The number of ether oxygens (including phenoxy) is 1. The molecule has 0 radical (unpaired) electrons. The lowest BCUT2D eigenvalue weighted by atomic mass is 10.2. The summed E-state index contributed by atoms with van der Waals surface area (Å²) in [5.41, 5.74) is 0. The number of methoxy groups -OCH3 is 1. The molecular weight excluding hydrogens is 220 g/mol. The minimum absolute atomic E-state index is 0.166. The minimum Gasteiger partial charge on any atom is -0.504 e. The van der Waals surface area contributed by atoms with Gasteiger partial charge in [0, 0.05) is 15.0 Å². The van der Waals surface area contributed by atoms with Crippen LogP contribution in [0.1, 0.15) is 4.88 Å². The van der Waals surface area contributed by atoms with Gasteiger partial charge < -0.3 is 9.84 Å². The van der Waals surface area contributed by atoms with Crippen molar-refractivity contribution in [2.75, 3.05) is 7.11 Å². The second-order valence-electron chi connectivity index (χ2n) is 2.88. The van der Waals surface area contributed by atoms with Crippen LogP contribution in [0.3, 0.4) is 0 Å². The molecule has 0 aliphatic rings. The van der Waals surface area contributed by atoms with E-state index in [1.807, 2.05) is 12.1 Å². The Morgan fingerprint density at radius 3 is 2.93 bits per heavy atom. The third-order valence-electron chi connectivity index (χ3n) is 2.02. The number of rotatable bonds is 2. The number of aromatic hydroxyl groups is 1. The normalized spacial score (nSPS) is 10.7. The van der Waals surface area contributed by atoms with Crippen molar-refractivity contribution in [3.63, 3.8) is 0 Å². The fraction of sp³-hybridized carbons (Fsp3) is 0.200. The third kappa shape index (κ3) is 1.42. The Morgan fingerprint density at radius 2 is 2.29 bits per heavy atom. The van der Waals surface area contributed by atoms with Crippen molar-refractivity contribution in [1.82, 2.24) is 0 Å². The predicted octanol–water partition coefficient (Wildman–Crippen LogP) is 3.35. The molecule has 0 aliphatic carbocycles. The summed E-state index contributed by atoms with van der Waals surface area (Å²) in [6.07, 6.45) is 0. The van der Waals surface area contributed by atoms with Crippen molar-refractivity contribution in [3.05, 3.63) is 23.1 Å². The number of hydrogen-bond donors (Lipinski definition) is 1. The summed E-state index contributed by atoms with van der Waals surface area (Å²) < 4.78 is 6.21. The summed E-state index contributed by atoms with van der Waals surface area (Å²) in [5, 5.41) is 10.5. The number of alkyl halides is 1. The average molecular weight is 229 g/mol. The highest BCUT2D eigenvalue weighted by Crippen LogP contribution is 2.39. The number of halogens is 1. The van der Waals surface area contributed by atoms with Crippen LogP contribution in [0, 0.1) is 0 Å². The number of fused-ring (bicyclic) bond motifs is 1. The van der Waals surface area contributed by atoms with Crippen molar-refractivity contribution >= 4 is 33.0 Å². The number of phenols is 1. The Morgan fingerprint density at radius 1 is 1.50 bits per heavy atom. The van der Waals surface area contributed by atoms with Gasteiger partial charge in [0.05, 0.1) is 13.0 Å². The molecule has 0 spiro atoms. The third-order valence-corrected chi connectivity index (χ3v) is 3.56. The van der Waals surface area contributed by atoms with Gasteiger partial charge in [-0.1, -0.05) is 0 Å². The number of hydrogen-bond acceptors (Lipinski definition) is 3. The van der Waals surface area contributed by atoms with Crippen LogP contribution in [0.2, 0.25) is 0 Å². The van der Waals surface area contributed by atoms with E-state index in [-0.39, 0.29) is 5.75 Å². The van der Waals surface area contributed by atoms with E-state index in [2.05, 4.69) is 0 Å². The summed E-state index contributed by atoms with van der Waals surface area (Å²) in [6.45, 7) is 0. The molecule has 0 amide bonds. The summed E-state index contributed by atoms with van der Waals surface area (Å²) in [6, 6.07) is 5.45. The van der Waals surface area contributed by atoms with Crippen molar-refractivity contribution in [2.45, 2.75) is 5.88 Å². The Hall–Kier alpha value is -0.930. The molecule has 0 saturated carbocycles. The lowest BCUT2D eigenvalue weighted by Gasteiger charge is -2.03. The molecule has 0 aliphatic heterocycles. The largest absolute Gasteiger partial charge is 0.504 e. The Kier molecular flexibility index (Phi) is 2.52. The van der Waals surface area contributed by atoms with E-state index in [1.54, 1.807) is 24.5 Å². The molecule has 1 heterocycles. The first-order valence-electron chi connectivity index (χ1n) is 4.10. The molecule has 0 atom stereocenters. The zero-order valence-corrected chi connectivity index (χ0v) is 9.15. The van der Waals surface area contributed by atoms with Gasteiger partial charge >= 0.3 is 0 Å². The van der Waals surface area contributed by atoms with Crippen molar-refractivity contribution in [2.24, 2.45) is 0 Å². The van der Waals surface area contributed by atoms with Crippen LogP contribution < -0.4 is 4.74 Å². The first-order chi connectivity index (χ1) is 6.76. The second-order valence-corrected chi connectivity index (χ2v) is 4.31. The Balaban J connectivity index is 2.73.